The summed E-state index contributed by atoms with van der Waals surface area (Å²) in [7, 11) is 0. The first-order valence-electron chi connectivity index (χ1n) is 5.78. The SMILES string of the molecule is Cc1cccc(C(=O)Cc2ccc(F)cc2C)n1. The van der Waals surface area contributed by atoms with Gasteiger partial charge < -0.3 is 0 Å². The molecule has 0 saturated carbocycles. The number of hydrogen-bond acceptors (Lipinski definition) is 2. The van der Waals surface area contributed by atoms with Crippen molar-refractivity contribution in [2.24, 2.45) is 0 Å². The van der Waals surface area contributed by atoms with Crippen molar-refractivity contribution < 1.29 is 9.18 Å². The Labute approximate surface area is 105 Å². The average molecular weight is 243 g/mol. The second-order valence-electron chi connectivity index (χ2n) is 4.33. The van der Waals surface area contributed by atoms with E-state index in [1.54, 1.807) is 19.1 Å². The number of aryl methyl sites for hydroxylation is 2. The average Bonchev–Trinajstić information content (AvgIpc) is 2.32. The summed E-state index contributed by atoms with van der Waals surface area (Å²) in [5, 5.41) is 0. The Kier molecular flexibility index (Phi) is 3.51. The number of pyridine rings is 1. The third-order valence-electron chi connectivity index (χ3n) is 2.83. The Morgan fingerprint density at radius 1 is 1.22 bits per heavy atom. The van der Waals surface area contributed by atoms with E-state index in [0.29, 0.717) is 5.69 Å². The first-order valence-corrected chi connectivity index (χ1v) is 5.78. The molecule has 0 spiro atoms. The number of aromatic nitrogens is 1. The third-order valence-corrected chi connectivity index (χ3v) is 2.83. The monoisotopic (exact) mass is 243 g/mol. The fourth-order valence-electron chi connectivity index (χ4n) is 1.82. The molecule has 18 heavy (non-hydrogen) atoms. The Balaban J connectivity index is 2.21. The zero-order valence-corrected chi connectivity index (χ0v) is 10.4. The van der Waals surface area contributed by atoms with Crippen molar-refractivity contribution >= 4 is 5.78 Å². The Bertz CT molecular complexity index is 593. The van der Waals surface area contributed by atoms with Gasteiger partial charge in [0.15, 0.2) is 5.78 Å². The molecule has 0 aliphatic carbocycles. The molecular weight excluding hydrogens is 229 g/mol. The third kappa shape index (κ3) is 2.80. The van der Waals surface area contributed by atoms with Crippen LogP contribution in [0.4, 0.5) is 4.39 Å². The summed E-state index contributed by atoms with van der Waals surface area (Å²) in [4.78, 5) is 16.2. The molecule has 0 N–H and O–H groups in total. The van der Waals surface area contributed by atoms with Crippen LogP contribution in [-0.4, -0.2) is 10.8 Å². The minimum absolute atomic E-state index is 0.0478. The van der Waals surface area contributed by atoms with Crippen molar-refractivity contribution in [3.05, 3.63) is 64.7 Å². The van der Waals surface area contributed by atoms with Crippen molar-refractivity contribution in [1.82, 2.24) is 4.98 Å². The van der Waals surface area contributed by atoms with E-state index in [9.17, 15) is 9.18 Å². The summed E-state index contributed by atoms with van der Waals surface area (Å²) in [6, 6.07) is 9.82. The number of carbonyl (C=O) groups excluding carboxylic acids is 1. The molecule has 0 aliphatic rings. The van der Waals surface area contributed by atoms with E-state index >= 15 is 0 Å². The summed E-state index contributed by atoms with van der Waals surface area (Å²) in [6.45, 7) is 3.65. The molecule has 2 nitrogen and oxygen atoms in total. The van der Waals surface area contributed by atoms with Gasteiger partial charge in [0.1, 0.15) is 11.5 Å². The summed E-state index contributed by atoms with van der Waals surface area (Å²) in [6.07, 6.45) is 0.253. The lowest BCUT2D eigenvalue weighted by molar-refractivity contribution is 0.0988. The van der Waals surface area contributed by atoms with Crippen LogP contribution < -0.4 is 0 Å². The zero-order valence-electron chi connectivity index (χ0n) is 10.4. The number of hydrogen-bond donors (Lipinski definition) is 0. The van der Waals surface area contributed by atoms with E-state index in [-0.39, 0.29) is 18.0 Å². The quantitative estimate of drug-likeness (QED) is 0.774. The Morgan fingerprint density at radius 3 is 2.67 bits per heavy atom. The molecule has 0 fully saturated rings. The highest BCUT2D eigenvalue weighted by Crippen LogP contribution is 2.13. The standard InChI is InChI=1S/C15H14FNO/c1-10-8-13(16)7-6-12(10)9-15(18)14-5-3-4-11(2)17-14/h3-8H,9H2,1-2H3. The molecule has 3 heteroatoms. The van der Waals surface area contributed by atoms with E-state index < -0.39 is 0 Å². The van der Waals surface area contributed by atoms with Crippen molar-refractivity contribution in [2.75, 3.05) is 0 Å². The normalized spacial score (nSPS) is 10.4. The number of halogens is 1. The summed E-state index contributed by atoms with van der Waals surface area (Å²) in [5.41, 5.74) is 2.90. The zero-order chi connectivity index (χ0) is 13.1. The summed E-state index contributed by atoms with van der Waals surface area (Å²) in [5.74, 6) is -0.328. The van der Waals surface area contributed by atoms with Crippen molar-refractivity contribution in [1.29, 1.82) is 0 Å². The molecule has 92 valence electrons. The fourth-order valence-corrected chi connectivity index (χ4v) is 1.82. The minimum Gasteiger partial charge on any atom is -0.292 e. The van der Waals surface area contributed by atoms with Crippen molar-refractivity contribution in [3.63, 3.8) is 0 Å². The van der Waals surface area contributed by atoms with Gasteiger partial charge >= 0.3 is 0 Å². The molecule has 2 rings (SSSR count). The molecule has 2 aromatic rings. The van der Waals surface area contributed by atoms with Gasteiger partial charge in [-0.15, -0.1) is 0 Å². The topological polar surface area (TPSA) is 30.0 Å². The second kappa shape index (κ2) is 5.08. The smallest absolute Gasteiger partial charge is 0.185 e. The van der Waals surface area contributed by atoms with Gasteiger partial charge in [0.2, 0.25) is 0 Å². The number of Topliss-reactive ketones (excluding diaryl/α,β-unsaturated/α-hetero) is 1. The van der Waals surface area contributed by atoms with Crippen molar-refractivity contribution in [3.8, 4) is 0 Å². The molecule has 0 aliphatic heterocycles. The molecule has 0 atom stereocenters. The van der Waals surface area contributed by atoms with E-state index in [4.69, 9.17) is 0 Å². The predicted molar refractivity (Wildman–Crippen MR) is 68.1 cm³/mol. The number of nitrogens with zero attached hydrogens (tertiary/aromatic N) is 1. The van der Waals surface area contributed by atoms with Gasteiger partial charge in [-0.25, -0.2) is 4.39 Å². The highest BCUT2D eigenvalue weighted by molar-refractivity contribution is 5.95. The van der Waals surface area contributed by atoms with Crippen molar-refractivity contribution in [2.45, 2.75) is 20.3 Å². The molecule has 0 bridgehead atoms. The fraction of sp³-hybridized carbons (Fsp3) is 0.200. The molecule has 1 aromatic heterocycles. The van der Waals surface area contributed by atoms with Gasteiger partial charge in [0.25, 0.3) is 0 Å². The van der Waals surface area contributed by atoms with E-state index in [1.807, 2.05) is 19.1 Å². The van der Waals surface area contributed by atoms with Crippen LogP contribution in [0.5, 0.6) is 0 Å². The van der Waals surface area contributed by atoms with Crippen LogP contribution in [-0.2, 0) is 6.42 Å². The minimum atomic E-state index is -0.280. The van der Waals surface area contributed by atoms with E-state index in [1.165, 1.54) is 12.1 Å². The molecule has 0 radical (unpaired) electrons. The van der Waals surface area contributed by atoms with Crippen LogP contribution in [0.1, 0.15) is 27.3 Å². The Hall–Kier alpha value is -2.03. The maximum atomic E-state index is 13.0. The molecule has 1 heterocycles. The van der Waals surface area contributed by atoms with Crippen LogP contribution in [0.25, 0.3) is 0 Å². The highest BCUT2D eigenvalue weighted by atomic mass is 19.1. The number of carbonyl (C=O) groups is 1. The maximum absolute atomic E-state index is 13.0. The first-order chi connectivity index (χ1) is 8.56. The lowest BCUT2D eigenvalue weighted by Gasteiger charge is -2.05. The largest absolute Gasteiger partial charge is 0.292 e. The number of rotatable bonds is 3. The summed E-state index contributed by atoms with van der Waals surface area (Å²) >= 11 is 0. The van der Waals surface area contributed by atoms with Crippen LogP contribution in [0, 0.1) is 19.7 Å². The van der Waals surface area contributed by atoms with E-state index in [2.05, 4.69) is 4.98 Å². The van der Waals surface area contributed by atoms with Gasteiger partial charge in [-0.1, -0.05) is 12.1 Å². The highest BCUT2D eigenvalue weighted by Gasteiger charge is 2.10. The molecule has 0 amide bonds. The lowest BCUT2D eigenvalue weighted by Crippen LogP contribution is -2.07. The number of ketones is 1. The first kappa shape index (κ1) is 12.4. The molecule has 1 aromatic carbocycles. The van der Waals surface area contributed by atoms with Gasteiger partial charge in [-0.3, -0.25) is 9.78 Å². The summed E-state index contributed by atoms with van der Waals surface area (Å²) < 4.78 is 13.0. The predicted octanol–water partition coefficient (Wildman–Crippen LogP) is 3.26. The van der Waals surface area contributed by atoms with Crippen LogP contribution in [0.15, 0.2) is 36.4 Å². The number of benzene rings is 1. The molecule has 0 saturated heterocycles. The Morgan fingerprint density at radius 2 is 2.00 bits per heavy atom. The van der Waals surface area contributed by atoms with Gasteiger partial charge in [0, 0.05) is 12.1 Å². The molecule has 0 unspecified atom stereocenters. The maximum Gasteiger partial charge on any atom is 0.185 e. The van der Waals surface area contributed by atoms with Crippen LogP contribution in [0.2, 0.25) is 0 Å². The van der Waals surface area contributed by atoms with Crippen LogP contribution >= 0.6 is 0 Å². The lowest BCUT2D eigenvalue weighted by atomic mass is 10.0. The van der Waals surface area contributed by atoms with Gasteiger partial charge in [-0.2, -0.15) is 0 Å². The van der Waals surface area contributed by atoms with Gasteiger partial charge in [0.05, 0.1) is 0 Å². The molecular formula is C15H14FNO. The van der Waals surface area contributed by atoms with E-state index in [0.717, 1.165) is 16.8 Å². The van der Waals surface area contributed by atoms with Gasteiger partial charge in [-0.05, 0) is 49.2 Å². The second-order valence-corrected chi connectivity index (χ2v) is 4.33. The van der Waals surface area contributed by atoms with Crippen LogP contribution in [0.3, 0.4) is 0 Å².